The third-order valence-electron chi connectivity index (χ3n) is 3.92. The monoisotopic (exact) mass is 382 g/mol. The molecule has 0 atom stereocenters. The van der Waals surface area contributed by atoms with Crippen molar-refractivity contribution >= 4 is 17.6 Å². The molecule has 0 fully saturated rings. The van der Waals surface area contributed by atoms with Gasteiger partial charge in [0.15, 0.2) is 18.1 Å². The van der Waals surface area contributed by atoms with Crippen molar-refractivity contribution in [2.24, 2.45) is 0 Å². The number of carbonyl (C=O) groups is 2. The van der Waals surface area contributed by atoms with E-state index in [1.807, 2.05) is 6.07 Å². The van der Waals surface area contributed by atoms with Crippen LogP contribution in [0.3, 0.4) is 0 Å². The van der Waals surface area contributed by atoms with Crippen molar-refractivity contribution in [3.63, 3.8) is 0 Å². The van der Waals surface area contributed by atoms with Crippen LogP contribution in [0.5, 0.6) is 17.2 Å². The summed E-state index contributed by atoms with van der Waals surface area (Å²) >= 11 is 0. The van der Waals surface area contributed by atoms with E-state index in [0.717, 1.165) is 5.56 Å². The van der Waals surface area contributed by atoms with Crippen LogP contribution in [-0.4, -0.2) is 38.8 Å². The summed E-state index contributed by atoms with van der Waals surface area (Å²) in [6, 6.07) is 11.9. The van der Waals surface area contributed by atoms with Gasteiger partial charge in [-0.15, -0.1) is 0 Å². The molecular formula is C20H18N2O6. The number of esters is 1. The number of benzene rings is 2. The predicted octanol–water partition coefficient (Wildman–Crippen LogP) is 2.33. The summed E-state index contributed by atoms with van der Waals surface area (Å²) in [7, 11) is 1.46. The summed E-state index contributed by atoms with van der Waals surface area (Å²) in [4.78, 5) is 24.3. The fourth-order valence-corrected chi connectivity index (χ4v) is 2.60. The maximum atomic E-state index is 12.3. The number of fused-ring (bicyclic) bond motifs is 1. The zero-order valence-corrected chi connectivity index (χ0v) is 15.2. The van der Waals surface area contributed by atoms with Crippen LogP contribution in [0.4, 0.5) is 5.69 Å². The highest BCUT2D eigenvalue weighted by Gasteiger charge is 2.22. The molecule has 0 spiro atoms. The van der Waals surface area contributed by atoms with Gasteiger partial charge >= 0.3 is 5.97 Å². The first-order valence-corrected chi connectivity index (χ1v) is 8.51. The van der Waals surface area contributed by atoms with E-state index in [1.165, 1.54) is 19.2 Å². The first kappa shape index (κ1) is 19.0. The van der Waals surface area contributed by atoms with Crippen LogP contribution in [0, 0.1) is 11.3 Å². The average molecular weight is 382 g/mol. The number of amides is 1. The van der Waals surface area contributed by atoms with Crippen molar-refractivity contribution in [3.8, 4) is 23.3 Å². The van der Waals surface area contributed by atoms with E-state index in [2.05, 4.69) is 5.32 Å². The molecule has 1 aliphatic heterocycles. The topological polar surface area (TPSA) is 107 Å². The predicted molar refractivity (Wildman–Crippen MR) is 98.7 cm³/mol. The highest BCUT2D eigenvalue weighted by Crippen LogP contribution is 2.40. The molecule has 1 aliphatic rings. The molecule has 0 saturated carbocycles. The molecule has 2 aromatic carbocycles. The molecule has 8 heteroatoms. The van der Waals surface area contributed by atoms with E-state index in [9.17, 15) is 9.59 Å². The maximum absolute atomic E-state index is 12.3. The third kappa shape index (κ3) is 4.51. The summed E-state index contributed by atoms with van der Waals surface area (Å²) in [6.45, 7) is 0.310. The molecule has 0 aromatic heterocycles. The molecule has 1 amide bonds. The SMILES string of the molecule is COc1cc(C(=O)OCC(=O)Nc2ccc(CC#N)cc2)cc2c1OCCO2. The molecule has 0 bridgehead atoms. The Balaban J connectivity index is 1.59. The van der Waals surface area contributed by atoms with Gasteiger partial charge in [-0.25, -0.2) is 4.79 Å². The van der Waals surface area contributed by atoms with Gasteiger partial charge in [-0.3, -0.25) is 4.79 Å². The van der Waals surface area contributed by atoms with Gasteiger partial charge in [0.2, 0.25) is 5.75 Å². The first-order chi connectivity index (χ1) is 13.6. The highest BCUT2D eigenvalue weighted by atomic mass is 16.6. The van der Waals surface area contributed by atoms with Crippen LogP contribution in [-0.2, 0) is 16.0 Å². The Hall–Kier alpha value is -3.73. The molecule has 8 nitrogen and oxygen atoms in total. The van der Waals surface area contributed by atoms with Crippen LogP contribution in [0.25, 0.3) is 0 Å². The molecule has 0 aliphatic carbocycles. The van der Waals surface area contributed by atoms with Crippen molar-refractivity contribution in [1.82, 2.24) is 0 Å². The van der Waals surface area contributed by atoms with E-state index in [0.29, 0.717) is 42.6 Å². The van der Waals surface area contributed by atoms with Crippen LogP contribution < -0.4 is 19.5 Å². The van der Waals surface area contributed by atoms with E-state index in [1.54, 1.807) is 24.3 Å². The lowest BCUT2D eigenvalue weighted by molar-refractivity contribution is -0.119. The van der Waals surface area contributed by atoms with E-state index >= 15 is 0 Å². The summed E-state index contributed by atoms with van der Waals surface area (Å²) in [5.41, 5.74) is 1.58. The molecule has 0 unspecified atom stereocenters. The second kappa shape index (κ2) is 8.77. The second-order valence-electron chi connectivity index (χ2n) is 5.86. The standard InChI is InChI=1S/C20H18N2O6/c1-25-16-10-14(11-17-19(16)27-9-8-26-17)20(24)28-12-18(23)22-15-4-2-13(3-5-15)6-7-21/h2-5,10-11H,6,8-9,12H2,1H3,(H,22,23). The minimum absolute atomic E-state index is 0.190. The maximum Gasteiger partial charge on any atom is 0.338 e. The van der Waals surface area contributed by atoms with Gasteiger partial charge in [0.1, 0.15) is 13.2 Å². The molecule has 2 aromatic rings. The number of carbonyl (C=O) groups excluding carboxylic acids is 2. The summed E-state index contributed by atoms with van der Waals surface area (Å²) in [5.74, 6) is 0.00842. The minimum atomic E-state index is -0.685. The molecule has 0 radical (unpaired) electrons. The first-order valence-electron chi connectivity index (χ1n) is 8.51. The number of anilines is 1. The molecule has 28 heavy (non-hydrogen) atoms. The van der Waals surface area contributed by atoms with Gasteiger partial charge in [0.05, 0.1) is 25.2 Å². The van der Waals surface area contributed by atoms with Crippen LogP contribution in [0.15, 0.2) is 36.4 Å². The fraction of sp³-hybridized carbons (Fsp3) is 0.250. The number of rotatable bonds is 6. The number of nitrogens with zero attached hydrogens (tertiary/aromatic N) is 1. The number of nitrogens with one attached hydrogen (secondary N) is 1. The number of methoxy groups -OCH3 is 1. The van der Waals surface area contributed by atoms with Crippen molar-refractivity contribution < 1.29 is 28.5 Å². The number of hydrogen-bond donors (Lipinski definition) is 1. The van der Waals surface area contributed by atoms with Crippen LogP contribution >= 0.6 is 0 Å². The van der Waals surface area contributed by atoms with E-state index in [4.69, 9.17) is 24.2 Å². The lowest BCUT2D eigenvalue weighted by atomic mass is 10.1. The van der Waals surface area contributed by atoms with Crippen LogP contribution in [0.1, 0.15) is 15.9 Å². The lowest BCUT2D eigenvalue weighted by Crippen LogP contribution is -2.21. The van der Waals surface area contributed by atoms with Gasteiger partial charge in [-0.05, 0) is 29.8 Å². The third-order valence-corrected chi connectivity index (χ3v) is 3.92. The number of ether oxygens (including phenoxy) is 4. The zero-order chi connectivity index (χ0) is 19.9. The largest absolute Gasteiger partial charge is 0.493 e. The molecular weight excluding hydrogens is 364 g/mol. The van der Waals surface area contributed by atoms with Crippen molar-refractivity contribution in [3.05, 3.63) is 47.5 Å². The van der Waals surface area contributed by atoms with Crippen LogP contribution in [0.2, 0.25) is 0 Å². The Labute approximate surface area is 161 Å². The number of hydrogen-bond acceptors (Lipinski definition) is 7. The summed E-state index contributed by atoms with van der Waals surface area (Å²) in [6.07, 6.45) is 0.296. The second-order valence-corrected chi connectivity index (χ2v) is 5.86. The molecule has 144 valence electrons. The molecule has 1 heterocycles. The lowest BCUT2D eigenvalue weighted by Gasteiger charge is -2.21. The van der Waals surface area contributed by atoms with Crippen molar-refractivity contribution in [2.45, 2.75) is 6.42 Å². The Morgan fingerprint density at radius 2 is 1.93 bits per heavy atom. The van der Waals surface area contributed by atoms with Gasteiger partial charge < -0.3 is 24.3 Å². The van der Waals surface area contributed by atoms with Crippen molar-refractivity contribution in [1.29, 1.82) is 5.26 Å². The number of nitriles is 1. The fourth-order valence-electron chi connectivity index (χ4n) is 2.60. The molecule has 3 rings (SSSR count). The van der Waals surface area contributed by atoms with E-state index < -0.39 is 18.5 Å². The quantitative estimate of drug-likeness (QED) is 0.764. The smallest absolute Gasteiger partial charge is 0.338 e. The normalized spacial score (nSPS) is 11.9. The Kier molecular flexibility index (Phi) is 5.97. The molecule has 0 saturated heterocycles. The summed E-state index contributed by atoms with van der Waals surface area (Å²) < 4.78 is 21.3. The van der Waals surface area contributed by atoms with Gasteiger partial charge in [0.25, 0.3) is 5.91 Å². The Morgan fingerprint density at radius 1 is 1.18 bits per heavy atom. The van der Waals surface area contributed by atoms with E-state index in [-0.39, 0.29) is 5.56 Å². The van der Waals surface area contributed by atoms with Crippen molar-refractivity contribution in [2.75, 3.05) is 32.2 Å². The Bertz CT molecular complexity index is 900. The molecule has 1 N–H and O–H groups in total. The minimum Gasteiger partial charge on any atom is -0.493 e. The van der Waals surface area contributed by atoms with Gasteiger partial charge in [0, 0.05) is 5.69 Å². The van der Waals surface area contributed by atoms with Gasteiger partial charge in [-0.1, -0.05) is 12.1 Å². The highest BCUT2D eigenvalue weighted by molar-refractivity contribution is 5.96. The zero-order valence-electron chi connectivity index (χ0n) is 15.2. The van der Waals surface area contributed by atoms with Gasteiger partial charge in [-0.2, -0.15) is 5.26 Å². The Morgan fingerprint density at radius 3 is 2.64 bits per heavy atom. The average Bonchev–Trinajstić information content (AvgIpc) is 2.72. The summed E-state index contributed by atoms with van der Waals surface area (Å²) in [5, 5.41) is 11.3.